The fourth-order valence-electron chi connectivity index (χ4n) is 4.15. The second-order valence-electron chi connectivity index (χ2n) is 9.02. The lowest BCUT2D eigenvalue weighted by atomic mass is 10.1. The number of carbonyl (C=O) groups is 2. The second kappa shape index (κ2) is 12.9. The number of nitrogens with one attached hydrogen (secondary N) is 1. The lowest BCUT2D eigenvalue weighted by molar-refractivity contribution is -0.140. The van der Waals surface area contributed by atoms with Crippen LogP contribution in [0.5, 0.6) is 0 Å². The zero-order chi connectivity index (χ0) is 27.9. The van der Waals surface area contributed by atoms with Crippen molar-refractivity contribution >= 4 is 39.1 Å². The summed E-state index contributed by atoms with van der Waals surface area (Å²) >= 11 is 6.40. The van der Waals surface area contributed by atoms with Crippen molar-refractivity contribution in [3.8, 4) is 0 Å². The number of sulfonamides is 1. The molecule has 38 heavy (non-hydrogen) atoms. The van der Waals surface area contributed by atoms with Crippen molar-refractivity contribution in [3.05, 3.63) is 94.5 Å². The first-order chi connectivity index (χ1) is 18.1. The molecule has 0 unspecified atom stereocenters. The number of amides is 2. The summed E-state index contributed by atoms with van der Waals surface area (Å²) in [6, 6.07) is 19.6. The van der Waals surface area contributed by atoms with Crippen LogP contribution < -0.4 is 9.62 Å². The quantitative estimate of drug-likeness (QED) is 0.357. The van der Waals surface area contributed by atoms with E-state index < -0.39 is 28.5 Å². The Balaban J connectivity index is 2.08. The van der Waals surface area contributed by atoms with Gasteiger partial charge in [-0.05, 0) is 74.2 Å². The molecule has 0 aliphatic carbocycles. The molecule has 1 N–H and O–H groups in total. The van der Waals surface area contributed by atoms with E-state index in [1.807, 2.05) is 26.8 Å². The number of hydrogen-bond donors (Lipinski definition) is 1. The van der Waals surface area contributed by atoms with E-state index in [0.717, 1.165) is 15.4 Å². The van der Waals surface area contributed by atoms with Crippen molar-refractivity contribution in [2.75, 3.05) is 17.4 Å². The summed E-state index contributed by atoms with van der Waals surface area (Å²) in [5.74, 6) is -0.820. The Kier molecular flexibility index (Phi) is 9.94. The van der Waals surface area contributed by atoms with Crippen LogP contribution in [0.1, 0.15) is 37.0 Å². The number of aryl methyl sites for hydroxylation is 2. The molecule has 3 rings (SSSR count). The van der Waals surface area contributed by atoms with E-state index in [0.29, 0.717) is 29.2 Å². The smallest absolute Gasteiger partial charge is 0.264 e. The number of anilines is 1. The van der Waals surface area contributed by atoms with E-state index in [9.17, 15) is 18.0 Å². The molecule has 0 aliphatic heterocycles. The molecule has 2 amide bonds. The maximum atomic E-state index is 14.0. The highest BCUT2D eigenvalue weighted by atomic mass is 35.5. The van der Waals surface area contributed by atoms with Gasteiger partial charge in [0.2, 0.25) is 11.8 Å². The van der Waals surface area contributed by atoms with Gasteiger partial charge >= 0.3 is 0 Å². The number of rotatable bonds is 11. The van der Waals surface area contributed by atoms with Crippen LogP contribution in [0.3, 0.4) is 0 Å². The molecule has 3 aromatic rings. The fourth-order valence-corrected chi connectivity index (χ4v) is 5.77. The highest BCUT2D eigenvalue weighted by molar-refractivity contribution is 7.92. The summed E-state index contributed by atoms with van der Waals surface area (Å²) in [6.07, 6.45) is 0.344. The minimum Gasteiger partial charge on any atom is -0.355 e. The summed E-state index contributed by atoms with van der Waals surface area (Å²) in [5.41, 5.74) is 2.92. The fraction of sp³-hybridized carbons (Fsp3) is 0.310. The van der Waals surface area contributed by atoms with Crippen molar-refractivity contribution < 1.29 is 18.0 Å². The Morgan fingerprint density at radius 2 is 1.58 bits per heavy atom. The third-order valence-corrected chi connectivity index (χ3v) is 8.58. The van der Waals surface area contributed by atoms with E-state index in [1.165, 1.54) is 17.0 Å². The minimum absolute atomic E-state index is 0.0559. The van der Waals surface area contributed by atoms with E-state index in [2.05, 4.69) is 5.32 Å². The molecule has 202 valence electrons. The summed E-state index contributed by atoms with van der Waals surface area (Å²) in [4.78, 5) is 28.4. The molecule has 0 aliphatic rings. The predicted octanol–water partition coefficient (Wildman–Crippen LogP) is 5.10. The number of carbonyl (C=O) groups excluding carboxylic acids is 2. The number of hydrogen-bond acceptors (Lipinski definition) is 4. The molecule has 7 nitrogen and oxygen atoms in total. The molecule has 0 aromatic heterocycles. The van der Waals surface area contributed by atoms with Gasteiger partial charge in [0.05, 0.1) is 10.6 Å². The average molecular weight is 556 g/mol. The van der Waals surface area contributed by atoms with E-state index in [1.54, 1.807) is 61.5 Å². The Morgan fingerprint density at radius 3 is 2.18 bits per heavy atom. The highest BCUT2D eigenvalue weighted by Crippen LogP contribution is 2.27. The van der Waals surface area contributed by atoms with Gasteiger partial charge in [-0.1, -0.05) is 61.0 Å². The van der Waals surface area contributed by atoms with Crippen molar-refractivity contribution in [2.24, 2.45) is 0 Å². The van der Waals surface area contributed by atoms with Gasteiger partial charge in [0.1, 0.15) is 12.6 Å². The van der Waals surface area contributed by atoms with Crippen LogP contribution in [0.2, 0.25) is 5.02 Å². The molecular formula is C29H34ClN3O4S. The van der Waals surface area contributed by atoms with E-state index >= 15 is 0 Å². The van der Waals surface area contributed by atoms with Gasteiger partial charge in [-0.25, -0.2) is 8.42 Å². The maximum absolute atomic E-state index is 14.0. The predicted molar refractivity (Wildman–Crippen MR) is 152 cm³/mol. The van der Waals surface area contributed by atoms with Crippen molar-refractivity contribution in [3.63, 3.8) is 0 Å². The van der Waals surface area contributed by atoms with Crippen LogP contribution in [0, 0.1) is 13.8 Å². The molecule has 0 heterocycles. The van der Waals surface area contributed by atoms with Gasteiger partial charge in [0.15, 0.2) is 0 Å². The molecule has 0 spiro atoms. The highest BCUT2D eigenvalue weighted by Gasteiger charge is 2.33. The Bertz CT molecular complexity index is 1380. The summed E-state index contributed by atoms with van der Waals surface area (Å²) in [7, 11) is -4.10. The van der Waals surface area contributed by atoms with Gasteiger partial charge in [0.25, 0.3) is 10.0 Å². The largest absolute Gasteiger partial charge is 0.355 e. The minimum atomic E-state index is -4.10. The summed E-state index contributed by atoms with van der Waals surface area (Å²) < 4.78 is 28.8. The van der Waals surface area contributed by atoms with Gasteiger partial charge in [-0.15, -0.1) is 0 Å². The lowest BCUT2D eigenvalue weighted by Gasteiger charge is -2.33. The number of benzene rings is 3. The molecule has 1 atom stereocenters. The van der Waals surface area contributed by atoms with Gasteiger partial charge in [-0.2, -0.15) is 0 Å². The molecular weight excluding hydrogens is 522 g/mol. The van der Waals surface area contributed by atoms with Crippen molar-refractivity contribution in [1.82, 2.24) is 10.2 Å². The van der Waals surface area contributed by atoms with E-state index in [4.69, 9.17) is 11.6 Å². The SMILES string of the molecule is CCNC(=O)[C@@H](CC)N(Cc1ccccc1Cl)C(=O)CN(c1ccc(C)c(C)c1)S(=O)(=O)c1ccccc1. The first-order valence-electron chi connectivity index (χ1n) is 12.6. The van der Waals surface area contributed by atoms with E-state index in [-0.39, 0.29) is 17.3 Å². The molecule has 0 saturated heterocycles. The van der Waals surface area contributed by atoms with Gasteiger partial charge in [-0.3, -0.25) is 13.9 Å². The molecule has 0 radical (unpaired) electrons. The number of halogens is 1. The molecule has 9 heteroatoms. The Morgan fingerprint density at radius 1 is 0.921 bits per heavy atom. The van der Waals surface area contributed by atoms with Crippen LogP contribution in [-0.2, 0) is 26.2 Å². The Hall–Kier alpha value is -3.36. The van der Waals surface area contributed by atoms with Gasteiger partial charge < -0.3 is 10.2 Å². The standard InChI is InChI=1S/C29H34ClN3O4S/c1-5-27(29(35)31-6-2)32(19-23-12-10-11-15-26(23)30)28(34)20-33(24-17-16-21(3)22(4)18-24)38(36,37)25-13-8-7-9-14-25/h7-18,27H,5-6,19-20H2,1-4H3,(H,31,35)/t27-/m1/s1. The average Bonchev–Trinajstić information content (AvgIpc) is 2.90. The zero-order valence-corrected chi connectivity index (χ0v) is 23.7. The van der Waals surface area contributed by atoms with Crippen LogP contribution in [0.15, 0.2) is 77.7 Å². The van der Waals surface area contributed by atoms with Crippen molar-refractivity contribution in [1.29, 1.82) is 0 Å². The first-order valence-corrected chi connectivity index (χ1v) is 14.4. The topological polar surface area (TPSA) is 86.8 Å². The third-order valence-electron chi connectivity index (χ3n) is 6.42. The maximum Gasteiger partial charge on any atom is 0.264 e. The summed E-state index contributed by atoms with van der Waals surface area (Å²) in [5, 5.41) is 3.25. The van der Waals surface area contributed by atoms with Crippen molar-refractivity contribution in [2.45, 2.75) is 51.6 Å². The first kappa shape index (κ1) is 29.2. The Labute approximate surface area is 230 Å². The zero-order valence-electron chi connectivity index (χ0n) is 22.1. The number of likely N-dealkylation sites (N-methyl/N-ethyl adjacent to an activating group) is 1. The molecule has 3 aromatic carbocycles. The molecule has 0 fully saturated rings. The van der Waals surface area contributed by atoms with Crippen LogP contribution in [-0.4, -0.2) is 44.3 Å². The monoisotopic (exact) mass is 555 g/mol. The summed E-state index contributed by atoms with van der Waals surface area (Å²) in [6.45, 7) is 7.41. The number of nitrogens with zero attached hydrogens (tertiary/aromatic N) is 2. The molecule has 0 saturated carbocycles. The normalized spacial score (nSPS) is 12.0. The third kappa shape index (κ3) is 6.74. The van der Waals surface area contributed by atoms with Gasteiger partial charge in [0, 0.05) is 18.1 Å². The van der Waals surface area contributed by atoms with Crippen LogP contribution in [0.25, 0.3) is 0 Å². The van der Waals surface area contributed by atoms with Crippen LogP contribution >= 0.6 is 11.6 Å². The molecule has 0 bridgehead atoms. The second-order valence-corrected chi connectivity index (χ2v) is 11.3. The lowest BCUT2D eigenvalue weighted by Crippen LogP contribution is -2.52. The van der Waals surface area contributed by atoms with Crippen LogP contribution in [0.4, 0.5) is 5.69 Å².